The van der Waals surface area contributed by atoms with Gasteiger partial charge in [-0.1, -0.05) is 12.1 Å². The normalized spacial score (nSPS) is 15.9. The SMILES string of the molecule is COc1ccc(NC(=O)C2CCCN(c3nc4ccsc4c(=O)n3-c3cccc(C)c3)C2)cc1. The van der Waals surface area contributed by atoms with Crippen molar-refractivity contribution >= 4 is 39.1 Å². The zero-order valence-corrected chi connectivity index (χ0v) is 20.0. The highest BCUT2D eigenvalue weighted by Gasteiger charge is 2.29. The zero-order valence-electron chi connectivity index (χ0n) is 19.2. The standard InChI is InChI=1S/C26H26N4O3S/c1-17-5-3-7-20(15-17)30-25(32)23-22(12-14-34-23)28-26(30)29-13-4-6-18(16-29)24(31)27-19-8-10-21(33-2)11-9-19/h3,5,7-12,14-15,18H,4,6,13,16H2,1-2H3,(H,27,31). The number of amides is 1. The number of aromatic nitrogens is 2. The van der Waals surface area contributed by atoms with Crippen LogP contribution in [0.15, 0.2) is 64.8 Å². The summed E-state index contributed by atoms with van der Waals surface area (Å²) in [6.07, 6.45) is 1.62. The predicted octanol–water partition coefficient (Wildman–Crippen LogP) is 4.62. The van der Waals surface area contributed by atoms with E-state index in [9.17, 15) is 9.59 Å². The van der Waals surface area contributed by atoms with E-state index in [1.165, 1.54) is 11.3 Å². The number of thiophene rings is 1. The van der Waals surface area contributed by atoms with Crippen LogP contribution in [0.1, 0.15) is 18.4 Å². The van der Waals surface area contributed by atoms with Crippen LogP contribution in [0.2, 0.25) is 0 Å². The third-order valence-corrected chi connectivity index (χ3v) is 7.05. The third kappa shape index (κ3) is 4.28. The van der Waals surface area contributed by atoms with Crippen molar-refractivity contribution in [3.05, 3.63) is 75.9 Å². The summed E-state index contributed by atoms with van der Waals surface area (Å²) in [4.78, 5) is 33.5. The number of anilines is 2. The lowest BCUT2D eigenvalue weighted by atomic mass is 9.97. The van der Waals surface area contributed by atoms with E-state index in [0.717, 1.165) is 42.1 Å². The Labute approximate surface area is 201 Å². The van der Waals surface area contributed by atoms with Crippen LogP contribution in [-0.4, -0.2) is 35.7 Å². The number of hydrogen-bond acceptors (Lipinski definition) is 6. The summed E-state index contributed by atoms with van der Waals surface area (Å²) >= 11 is 1.40. The Balaban J connectivity index is 1.46. The van der Waals surface area contributed by atoms with Gasteiger partial charge in [0.05, 0.1) is 24.2 Å². The van der Waals surface area contributed by atoms with E-state index in [1.54, 1.807) is 11.7 Å². The third-order valence-electron chi connectivity index (χ3n) is 6.15. The molecule has 2 aromatic heterocycles. The van der Waals surface area contributed by atoms with Gasteiger partial charge in [-0.3, -0.25) is 9.59 Å². The molecule has 0 saturated carbocycles. The van der Waals surface area contributed by atoms with Crippen molar-refractivity contribution in [2.24, 2.45) is 5.92 Å². The maximum absolute atomic E-state index is 13.5. The number of carbonyl (C=O) groups excluding carboxylic acids is 1. The minimum absolute atomic E-state index is 0.0315. The molecule has 174 valence electrons. The lowest BCUT2D eigenvalue weighted by Crippen LogP contribution is -2.43. The number of benzene rings is 2. The van der Waals surface area contributed by atoms with Gasteiger partial charge in [0.25, 0.3) is 5.56 Å². The van der Waals surface area contributed by atoms with E-state index in [1.807, 2.05) is 66.9 Å². The first-order valence-electron chi connectivity index (χ1n) is 11.3. The van der Waals surface area contributed by atoms with Crippen LogP contribution in [0.5, 0.6) is 5.75 Å². The monoisotopic (exact) mass is 474 g/mol. The highest BCUT2D eigenvalue weighted by molar-refractivity contribution is 7.17. The Morgan fingerprint density at radius 1 is 1.18 bits per heavy atom. The van der Waals surface area contributed by atoms with Crippen molar-refractivity contribution in [1.29, 1.82) is 0 Å². The Kier molecular flexibility index (Phi) is 6.06. The Morgan fingerprint density at radius 3 is 2.76 bits per heavy atom. The number of carbonyl (C=O) groups is 1. The number of aryl methyl sites for hydroxylation is 1. The van der Waals surface area contributed by atoms with Crippen LogP contribution < -0.4 is 20.5 Å². The van der Waals surface area contributed by atoms with Crippen molar-refractivity contribution < 1.29 is 9.53 Å². The van der Waals surface area contributed by atoms with Gasteiger partial charge in [-0.2, -0.15) is 0 Å². The van der Waals surface area contributed by atoms with E-state index in [-0.39, 0.29) is 17.4 Å². The fraction of sp³-hybridized carbons (Fsp3) is 0.269. The molecule has 1 atom stereocenters. The summed E-state index contributed by atoms with van der Waals surface area (Å²) in [6.45, 7) is 3.24. The van der Waals surface area contributed by atoms with Crippen LogP contribution in [0.3, 0.4) is 0 Å². The minimum Gasteiger partial charge on any atom is -0.497 e. The van der Waals surface area contributed by atoms with E-state index >= 15 is 0 Å². The Bertz CT molecular complexity index is 1390. The van der Waals surface area contributed by atoms with Crippen molar-refractivity contribution in [1.82, 2.24) is 9.55 Å². The van der Waals surface area contributed by atoms with E-state index in [2.05, 4.69) is 10.2 Å². The number of fused-ring (bicyclic) bond motifs is 1. The van der Waals surface area contributed by atoms with Crippen LogP contribution in [0.25, 0.3) is 15.9 Å². The molecule has 1 unspecified atom stereocenters. The molecular formula is C26H26N4O3S. The molecule has 7 nitrogen and oxygen atoms in total. The molecule has 1 N–H and O–H groups in total. The van der Waals surface area contributed by atoms with E-state index in [0.29, 0.717) is 22.7 Å². The van der Waals surface area contributed by atoms with Gasteiger partial charge >= 0.3 is 0 Å². The van der Waals surface area contributed by atoms with Gasteiger partial charge < -0.3 is 15.0 Å². The van der Waals surface area contributed by atoms with Gasteiger partial charge in [0.1, 0.15) is 10.4 Å². The summed E-state index contributed by atoms with van der Waals surface area (Å²) < 4.78 is 7.51. The largest absolute Gasteiger partial charge is 0.497 e. The number of ether oxygens (including phenoxy) is 1. The highest BCUT2D eigenvalue weighted by Crippen LogP contribution is 2.27. The molecule has 8 heteroatoms. The second kappa shape index (κ2) is 9.30. The van der Waals surface area contributed by atoms with Gasteiger partial charge in [0.15, 0.2) is 0 Å². The fourth-order valence-corrected chi connectivity index (χ4v) is 5.16. The molecule has 4 aromatic rings. The van der Waals surface area contributed by atoms with Gasteiger partial charge in [-0.25, -0.2) is 9.55 Å². The first-order chi connectivity index (χ1) is 16.5. The van der Waals surface area contributed by atoms with Crippen LogP contribution >= 0.6 is 11.3 Å². The second-order valence-electron chi connectivity index (χ2n) is 8.53. The van der Waals surface area contributed by atoms with E-state index < -0.39 is 0 Å². The molecule has 1 fully saturated rings. The topological polar surface area (TPSA) is 76.5 Å². The quantitative estimate of drug-likeness (QED) is 0.457. The molecule has 1 aliphatic heterocycles. The summed E-state index contributed by atoms with van der Waals surface area (Å²) in [6, 6.07) is 17.1. The Hall–Kier alpha value is -3.65. The molecule has 0 radical (unpaired) electrons. The zero-order chi connectivity index (χ0) is 23.7. The molecule has 0 bridgehead atoms. The van der Waals surface area contributed by atoms with Crippen molar-refractivity contribution in [2.45, 2.75) is 19.8 Å². The molecule has 1 saturated heterocycles. The summed E-state index contributed by atoms with van der Waals surface area (Å²) in [7, 11) is 1.61. The van der Waals surface area contributed by atoms with Crippen molar-refractivity contribution in [2.75, 3.05) is 30.4 Å². The lowest BCUT2D eigenvalue weighted by molar-refractivity contribution is -0.120. The lowest BCUT2D eigenvalue weighted by Gasteiger charge is -2.34. The van der Waals surface area contributed by atoms with Gasteiger partial charge in [-0.05, 0) is 73.2 Å². The molecular weight excluding hydrogens is 448 g/mol. The Morgan fingerprint density at radius 2 is 2.00 bits per heavy atom. The first kappa shape index (κ1) is 22.2. The summed E-state index contributed by atoms with van der Waals surface area (Å²) in [5.74, 6) is 1.09. The number of piperidine rings is 1. The molecule has 0 spiro atoms. The molecule has 34 heavy (non-hydrogen) atoms. The van der Waals surface area contributed by atoms with Crippen LogP contribution in [0.4, 0.5) is 11.6 Å². The molecule has 2 aromatic carbocycles. The summed E-state index contributed by atoms with van der Waals surface area (Å²) in [5, 5.41) is 4.91. The maximum atomic E-state index is 13.5. The molecule has 1 aliphatic rings. The molecule has 1 amide bonds. The van der Waals surface area contributed by atoms with Crippen LogP contribution in [0, 0.1) is 12.8 Å². The van der Waals surface area contributed by atoms with Crippen molar-refractivity contribution in [3.8, 4) is 11.4 Å². The van der Waals surface area contributed by atoms with E-state index in [4.69, 9.17) is 9.72 Å². The van der Waals surface area contributed by atoms with Gasteiger partial charge in [0, 0.05) is 18.8 Å². The summed E-state index contributed by atoms with van der Waals surface area (Å²) in [5.41, 5.74) is 3.20. The fourth-order valence-electron chi connectivity index (χ4n) is 4.40. The number of rotatable bonds is 5. The number of nitrogens with one attached hydrogen (secondary N) is 1. The number of hydrogen-bond donors (Lipinski definition) is 1. The number of methoxy groups -OCH3 is 1. The predicted molar refractivity (Wildman–Crippen MR) is 137 cm³/mol. The maximum Gasteiger partial charge on any atom is 0.277 e. The molecule has 5 rings (SSSR count). The smallest absolute Gasteiger partial charge is 0.277 e. The van der Waals surface area contributed by atoms with Gasteiger partial charge in [-0.15, -0.1) is 11.3 Å². The molecule has 0 aliphatic carbocycles. The average Bonchev–Trinajstić information content (AvgIpc) is 3.34. The van der Waals surface area contributed by atoms with Crippen molar-refractivity contribution in [3.63, 3.8) is 0 Å². The van der Waals surface area contributed by atoms with Crippen LogP contribution in [-0.2, 0) is 4.79 Å². The average molecular weight is 475 g/mol. The highest BCUT2D eigenvalue weighted by atomic mass is 32.1. The minimum atomic E-state index is -0.211. The second-order valence-corrected chi connectivity index (χ2v) is 9.45. The molecule has 3 heterocycles. The first-order valence-corrected chi connectivity index (χ1v) is 12.2. The van der Waals surface area contributed by atoms with Gasteiger partial charge in [0.2, 0.25) is 11.9 Å². The number of nitrogens with zero attached hydrogens (tertiary/aromatic N) is 3.